The molecule has 3 aromatic carbocycles. The fourth-order valence-electron chi connectivity index (χ4n) is 2.52. The highest BCUT2D eigenvalue weighted by atomic mass is 32.2. The minimum absolute atomic E-state index is 0.164. The van der Waals surface area contributed by atoms with E-state index in [1.54, 1.807) is 49.3 Å². The molecule has 25 heavy (non-hydrogen) atoms. The van der Waals surface area contributed by atoms with Gasteiger partial charge in [0.1, 0.15) is 0 Å². The van der Waals surface area contributed by atoms with Crippen LogP contribution in [0.3, 0.4) is 0 Å². The molecular formula is C20H18N2O2S. The smallest absolute Gasteiger partial charge is 0.228 e. The molecule has 0 saturated carbocycles. The van der Waals surface area contributed by atoms with Crippen molar-refractivity contribution in [1.29, 1.82) is 0 Å². The summed E-state index contributed by atoms with van der Waals surface area (Å²) in [5, 5.41) is 1.86. The van der Waals surface area contributed by atoms with E-state index in [1.807, 2.05) is 42.5 Å². The highest BCUT2D eigenvalue weighted by Gasteiger charge is 2.18. The van der Waals surface area contributed by atoms with Crippen LogP contribution >= 0.6 is 0 Å². The molecule has 0 saturated heterocycles. The lowest BCUT2D eigenvalue weighted by Gasteiger charge is -2.14. The van der Waals surface area contributed by atoms with Gasteiger partial charge < -0.3 is 4.90 Å². The number of hydrogen-bond acceptors (Lipinski definition) is 2. The second-order valence-corrected chi connectivity index (χ2v) is 6.85. The van der Waals surface area contributed by atoms with Crippen molar-refractivity contribution in [2.45, 2.75) is 4.90 Å². The summed E-state index contributed by atoms with van der Waals surface area (Å²) in [6.07, 6.45) is 0. The van der Waals surface area contributed by atoms with Crippen molar-refractivity contribution in [2.75, 3.05) is 14.1 Å². The quantitative estimate of drug-likeness (QED) is 0.409. The van der Waals surface area contributed by atoms with Crippen LogP contribution < -0.4 is 0 Å². The number of benzene rings is 3. The van der Waals surface area contributed by atoms with Crippen molar-refractivity contribution in [3.63, 3.8) is 0 Å². The van der Waals surface area contributed by atoms with Crippen LogP contribution in [0.5, 0.6) is 0 Å². The molecule has 0 radical (unpaired) electrons. The topological polar surface area (TPSA) is 49.7 Å². The van der Waals surface area contributed by atoms with Gasteiger partial charge in [-0.1, -0.05) is 66.7 Å². The molecule has 0 amide bonds. The summed E-state index contributed by atoms with van der Waals surface area (Å²) in [6, 6.07) is 22.2. The minimum atomic E-state index is -1.68. The monoisotopic (exact) mass is 350 g/mol. The molecule has 3 aromatic rings. The summed E-state index contributed by atoms with van der Waals surface area (Å²) >= 11 is 0. The van der Waals surface area contributed by atoms with Gasteiger partial charge in [-0.2, -0.15) is 4.40 Å². The first kappa shape index (κ1) is 17.0. The lowest BCUT2D eigenvalue weighted by molar-refractivity contribution is 0.105. The fourth-order valence-corrected chi connectivity index (χ4v) is 3.59. The number of ketones is 1. The molecule has 0 spiro atoms. The van der Waals surface area contributed by atoms with Crippen molar-refractivity contribution in [1.82, 2.24) is 4.90 Å². The van der Waals surface area contributed by atoms with E-state index < -0.39 is 11.0 Å². The lowest BCUT2D eigenvalue weighted by Crippen LogP contribution is -2.30. The van der Waals surface area contributed by atoms with Gasteiger partial charge in [-0.05, 0) is 16.8 Å². The Hall–Kier alpha value is -2.79. The predicted octanol–water partition coefficient (Wildman–Crippen LogP) is 3.71. The molecular weight excluding hydrogens is 332 g/mol. The maximum Gasteiger partial charge on any atom is 0.228 e. The number of likely N-dealkylation sites (N-methyl/N-ethyl adjacent to an activating group) is 1. The fraction of sp³-hybridized carbons (Fsp3) is 0.100. The standard InChI is InChI=1S/C20H18N2O2S/c1-22(2)20(19(23)16-10-4-3-5-11-16)21-25(24)18-14-8-12-15-9-6-7-13-17(15)18/h3-14H,1-2H3/b21-20-. The number of fused-ring (bicyclic) bond motifs is 1. The first-order chi connectivity index (χ1) is 12.1. The van der Waals surface area contributed by atoms with Gasteiger partial charge >= 0.3 is 0 Å². The largest absolute Gasteiger partial charge is 0.359 e. The van der Waals surface area contributed by atoms with Gasteiger partial charge in [0.25, 0.3) is 0 Å². The molecule has 0 aromatic heterocycles. The summed E-state index contributed by atoms with van der Waals surface area (Å²) < 4.78 is 17.1. The van der Waals surface area contributed by atoms with Crippen LogP contribution in [0.2, 0.25) is 0 Å². The number of nitrogens with zero attached hydrogens (tertiary/aromatic N) is 2. The molecule has 0 aliphatic carbocycles. The number of carbonyl (C=O) groups excluding carboxylic acids is 1. The molecule has 0 heterocycles. The van der Waals surface area contributed by atoms with Gasteiger partial charge in [0.05, 0.1) is 4.90 Å². The van der Waals surface area contributed by atoms with Crippen LogP contribution in [0.1, 0.15) is 10.4 Å². The third-order valence-corrected chi connectivity index (χ3v) is 4.84. The Labute approximate surface area is 149 Å². The number of rotatable bonds is 4. The lowest BCUT2D eigenvalue weighted by atomic mass is 10.1. The van der Waals surface area contributed by atoms with Crippen molar-refractivity contribution in [3.8, 4) is 0 Å². The first-order valence-electron chi connectivity index (χ1n) is 7.83. The Balaban J connectivity index is 2.03. The number of carbonyl (C=O) groups is 1. The Morgan fingerprint density at radius 3 is 2.24 bits per heavy atom. The van der Waals surface area contributed by atoms with Crippen LogP contribution in [0, 0.1) is 0 Å². The van der Waals surface area contributed by atoms with Gasteiger partial charge in [0, 0.05) is 19.7 Å². The second-order valence-electron chi connectivity index (χ2n) is 5.73. The zero-order valence-electron chi connectivity index (χ0n) is 14.0. The predicted molar refractivity (Wildman–Crippen MR) is 102 cm³/mol. The second kappa shape index (κ2) is 7.40. The first-order valence-corrected chi connectivity index (χ1v) is 8.94. The summed E-state index contributed by atoms with van der Waals surface area (Å²) in [5.41, 5.74) is 0.518. The van der Waals surface area contributed by atoms with Crippen molar-refractivity contribution >= 4 is 33.4 Å². The molecule has 3 rings (SSSR count). The average molecular weight is 350 g/mol. The van der Waals surface area contributed by atoms with Gasteiger partial charge in [0.2, 0.25) is 5.78 Å². The highest BCUT2D eigenvalue weighted by Crippen LogP contribution is 2.22. The van der Waals surface area contributed by atoms with Crippen molar-refractivity contribution < 1.29 is 9.00 Å². The van der Waals surface area contributed by atoms with Gasteiger partial charge in [-0.15, -0.1) is 0 Å². The Bertz CT molecular complexity index is 960. The summed E-state index contributed by atoms with van der Waals surface area (Å²) in [6.45, 7) is 0. The molecule has 1 unspecified atom stereocenters. The van der Waals surface area contributed by atoms with E-state index in [-0.39, 0.29) is 11.6 Å². The maximum atomic E-state index is 12.9. The van der Waals surface area contributed by atoms with E-state index >= 15 is 0 Å². The minimum Gasteiger partial charge on any atom is -0.359 e. The van der Waals surface area contributed by atoms with Crippen LogP contribution in [0.25, 0.3) is 10.8 Å². The highest BCUT2D eigenvalue weighted by molar-refractivity contribution is 7.84. The van der Waals surface area contributed by atoms with Crippen LogP contribution in [0.4, 0.5) is 0 Å². The average Bonchev–Trinajstić information content (AvgIpc) is 2.65. The third-order valence-electron chi connectivity index (χ3n) is 3.77. The molecule has 4 nitrogen and oxygen atoms in total. The number of Topliss-reactive ketones (excluding diaryl/α,β-unsaturated/α-hetero) is 1. The number of hydrogen-bond donors (Lipinski definition) is 0. The van der Waals surface area contributed by atoms with E-state index in [1.165, 1.54) is 0 Å². The molecule has 0 aliphatic heterocycles. The molecule has 126 valence electrons. The molecule has 0 N–H and O–H groups in total. The Kier molecular flexibility index (Phi) is 5.05. The van der Waals surface area contributed by atoms with E-state index in [0.717, 1.165) is 10.8 Å². The van der Waals surface area contributed by atoms with Gasteiger partial charge in [0.15, 0.2) is 16.8 Å². The van der Waals surface area contributed by atoms with E-state index in [9.17, 15) is 9.00 Å². The molecule has 1 atom stereocenters. The molecule has 5 heteroatoms. The third kappa shape index (κ3) is 3.67. The SMILES string of the molecule is CN(C)/C(=N\S(=O)c1cccc2ccccc12)C(=O)c1ccccc1. The zero-order chi connectivity index (χ0) is 17.8. The molecule has 0 fully saturated rings. The molecule has 0 bridgehead atoms. The van der Waals surface area contributed by atoms with Crippen LogP contribution in [-0.4, -0.2) is 34.8 Å². The Morgan fingerprint density at radius 1 is 0.880 bits per heavy atom. The van der Waals surface area contributed by atoms with Crippen molar-refractivity contribution in [2.24, 2.45) is 4.40 Å². The maximum absolute atomic E-state index is 12.9. The summed E-state index contributed by atoms with van der Waals surface area (Å²) in [7, 11) is 1.77. The van der Waals surface area contributed by atoms with Gasteiger partial charge in [-0.3, -0.25) is 4.79 Å². The van der Waals surface area contributed by atoms with E-state index in [4.69, 9.17) is 0 Å². The van der Waals surface area contributed by atoms with Crippen molar-refractivity contribution in [3.05, 3.63) is 78.4 Å². The summed E-state index contributed by atoms with van der Waals surface area (Å²) in [4.78, 5) is 14.9. The van der Waals surface area contributed by atoms with Crippen LogP contribution in [-0.2, 0) is 11.0 Å². The van der Waals surface area contributed by atoms with E-state index in [0.29, 0.717) is 10.5 Å². The Morgan fingerprint density at radius 2 is 1.52 bits per heavy atom. The van der Waals surface area contributed by atoms with Gasteiger partial charge in [-0.25, -0.2) is 4.21 Å². The number of amidine groups is 1. The zero-order valence-corrected chi connectivity index (χ0v) is 14.9. The van der Waals surface area contributed by atoms with Crippen LogP contribution in [0.15, 0.2) is 82.1 Å². The normalized spacial score (nSPS) is 12.8. The summed E-state index contributed by atoms with van der Waals surface area (Å²) in [5.74, 6) is -0.0864. The molecule has 0 aliphatic rings. The van der Waals surface area contributed by atoms with E-state index in [2.05, 4.69) is 4.40 Å².